The fraction of sp³-hybridized carbons (Fsp3) is 0.222. The summed E-state index contributed by atoms with van der Waals surface area (Å²) in [6.07, 6.45) is 3.51. The highest BCUT2D eigenvalue weighted by Crippen LogP contribution is 2.22. The molecule has 118 valence electrons. The molecule has 1 atom stereocenters. The van der Waals surface area contributed by atoms with Gasteiger partial charge in [0.25, 0.3) is 5.91 Å². The van der Waals surface area contributed by atoms with Crippen LogP contribution in [0.25, 0.3) is 5.69 Å². The molecule has 0 saturated heterocycles. The molecule has 1 amide bonds. The van der Waals surface area contributed by atoms with Gasteiger partial charge < -0.3 is 9.73 Å². The monoisotopic (exact) mass is 309 g/mol. The number of hydrogen-bond acceptors (Lipinski definition) is 3. The quantitative estimate of drug-likeness (QED) is 0.801. The first-order chi connectivity index (χ1) is 11.1. The van der Waals surface area contributed by atoms with Crippen LogP contribution in [0, 0.1) is 13.8 Å². The van der Waals surface area contributed by atoms with Crippen LogP contribution >= 0.6 is 0 Å². The Labute approximate surface area is 134 Å². The van der Waals surface area contributed by atoms with Crippen molar-refractivity contribution in [2.24, 2.45) is 0 Å². The van der Waals surface area contributed by atoms with Crippen molar-refractivity contribution in [3.63, 3.8) is 0 Å². The summed E-state index contributed by atoms with van der Waals surface area (Å²) in [5, 5.41) is 7.23. The average molecular weight is 309 g/mol. The number of furan rings is 1. The SMILES string of the molecule is Cc1cc(C(C)NC(=O)c2ccccc2-n2cccn2)c(C)o1. The Hall–Kier alpha value is -2.82. The van der Waals surface area contributed by atoms with Crippen LogP contribution in [0.15, 0.2) is 53.2 Å². The van der Waals surface area contributed by atoms with Crippen molar-refractivity contribution in [3.05, 3.63) is 71.4 Å². The number of aromatic nitrogens is 2. The third kappa shape index (κ3) is 3.04. The maximum absolute atomic E-state index is 12.7. The molecule has 0 aliphatic carbocycles. The summed E-state index contributed by atoms with van der Waals surface area (Å²) in [7, 11) is 0. The summed E-state index contributed by atoms with van der Waals surface area (Å²) in [6.45, 7) is 5.76. The van der Waals surface area contributed by atoms with Crippen molar-refractivity contribution in [1.29, 1.82) is 0 Å². The van der Waals surface area contributed by atoms with Crippen LogP contribution < -0.4 is 5.32 Å². The minimum absolute atomic E-state index is 0.134. The molecule has 0 aliphatic rings. The number of nitrogens with one attached hydrogen (secondary N) is 1. The van der Waals surface area contributed by atoms with E-state index < -0.39 is 0 Å². The Bertz CT molecular complexity index is 819. The molecule has 1 aromatic carbocycles. The van der Waals surface area contributed by atoms with Gasteiger partial charge in [0, 0.05) is 18.0 Å². The number of hydrogen-bond donors (Lipinski definition) is 1. The van der Waals surface area contributed by atoms with Crippen LogP contribution in [0.3, 0.4) is 0 Å². The largest absolute Gasteiger partial charge is 0.466 e. The summed E-state index contributed by atoms with van der Waals surface area (Å²) in [6, 6.07) is 11.1. The van der Waals surface area contributed by atoms with Gasteiger partial charge in [-0.25, -0.2) is 4.68 Å². The Morgan fingerprint density at radius 2 is 2.04 bits per heavy atom. The number of aryl methyl sites for hydroxylation is 2. The van der Waals surface area contributed by atoms with Gasteiger partial charge in [0.15, 0.2) is 0 Å². The molecule has 0 radical (unpaired) electrons. The van der Waals surface area contributed by atoms with E-state index in [9.17, 15) is 4.79 Å². The number of para-hydroxylation sites is 1. The molecule has 0 aliphatic heterocycles. The summed E-state index contributed by atoms with van der Waals surface area (Å²) in [5.74, 6) is 1.54. The fourth-order valence-electron chi connectivity index (χ4n) is 2.71. The lowest BCUT2D eigenvalue weighted by Gasteiger charge is -2.15. The van der Waals surface area contributed by atoms with E-state index >= 15 is 0 Å². The molecule has 23 heavy (non-hydrogen) atoms. The summed E-state index contributed by atoms with van der Waals surface area (Å²) >= 11 is 0. The third-order valence-electron chi connectivity index (χ3n) is 3.79. The standard InChI is InChI=1S/C18H19N3O2/c1-12-11-16(14(3)23-12)13(2)20-18(22)15-7-4-5-8-17(15)21-10-6-9-19-21/h4-11,13H,1-3H3,(H,20,22). The highest BCUT2D eigenvalue weighted by atomic mass is 16.3. The van der Waals surface area contributed by atoms with E-state index in [4.69, 9.17) is 4.42 Å². The number of carbonyl (C=O) groups excluding carboxylic acids is 1. The molecule has 0 saturated carbocycles. The lowest BCUT2D eigenvalue weighted by atomic mass is 10.1. The van der Waals surface area contributed by atoms with Crippen molar-refractivity contribution in [2.45, 2.75) is 26.8 Å². The van der Waals surface area contributed by atoms with Gasteiger partial charge in [-0.1, -0.05) is 12.1 Å². The van der Waals surface area contributed by atoms with Crippen LogP contribution in [0.1, 0.15) is 40.4 Å². The first-order valence-electron chi connectivity index (χ1n) is 7.53. The van der Waals surface area contributed by atoms with E-state index in [0.29, 0.717) is 5.56 Å². The highest BCUT2D eigenvalue weighted by molar-refractivity contribution is 5.97. The van der Waals surface area contributed by atoms with Crippen molar-refractivity contribution in [3.8, 4) is 5.69 Å². The zero-order valence-electron chi connectivity index (χ0n) is 13.4. The third-order valence-corrected chi connectivity index (χ3v) is 3.79. The minimum Gasteiger partial charge on any atom is -0.466 e. The van der Waals surface area contributed by atoms with Gasteiger partial charge in [-0.15, -0.1) is 0 Å². The molecule has 5 heteroatoms. The number of nitrogens with zero attached hydrogens (tertiary/aromatic N) is 2. The van der Waals surface area contributed by atoms with Gasteiger partial charge in [-0.3, -0.25) is 4.79 Å². The second-order valence-corrected chi connectivity index (χ2v) is 5.53. The predicted octanol–water partition coefficient (Wildman–Crippen LogP) is 3.57. The van der Waals surface area contributed by atoms with Gasteiger partial charge in [0.1, 0.15) is 11.5 Å². The lowest BCUT2D eigenvalue weighted by Crippen LogP contribution is -2.27. The van der Waals surface area contributed by atoms with Crippen molar-refractivity contribution < 1.29 is 9.21 Å². The lowest BCUT2D eigenvalue weighted by molar-refractivity contribution is 0.0939. The first kappa shape index (κ1) is 15.1. The first-order valence-corrected chi connectivity index (χ1v) is 7.53. The highest BCUT2D eigenvalue weighted by Gasteiger charge is 2.18. The van der Waals surface area contributed by atoms with Crippen LogP contribution in [0.4, 0.5) is 0 Å². The van der Waals surface area contributed by atoms with Crippen molar-refractivity contribution in [1.82, 2.24) is 15.1 Å². The summed E-state index contributed by atoms with van der Waals surface area (Å²) in [4.78, 5) is 12.7. The summed E-state index contributed by atoms with van der Waals surface area (Å²) in [5.41, 5.74) is 2.33. The van der Waals surface area contributed by atoms with E-state index in [2.05, 4.69) is 10.4 Å². The number of benzene rings is 1. The predicted molar refractivity (Wildman–Crippen MR) is 87.6 cm³/mol. The Morgan fingerprint density at radius 1 is 1.26 bits per heavy atom. The van der Waals surface area contributed by atoms with E-state index in [1.807, 2.05) is 57.3 Å². The van der Waals surface area contributed by atoms with Crippen LogP contribution in [0.5, 0.6) is 0 Å². The normalized spacial score (nSPS) is 12.1. The zero-order chi connectivity index (χ0) is 16.4. The Balaban J connectivity index is 1.86. The fourth-order valence-corrected chi connectivity index (χ4v) is 2.71. The van der Waals surface area contributed by atoms with Gasteiger partial charge in [-0.2, -0.15) is 5.10 Å². The average Bonchev–Trinajstić information content (AvgIpc) is 3.16. The van der Waals surface area contributed by atoms with Gasteiger partial charge in [-0.05, 0) is 45.0 Å². The molecule has 0 fully saturated rings. The molecule has 1 N–H and O–H groups in total. The van der Waals surface area contributed by atoms with Gasteiger partial charge >= 0.3 is 0 Å². The second kappa shape index (κ2) is 6.12. The van der Waals surface area contributed by atoms with Gasteiger partial charge in [0.05, 0.1) is 17.3 Å². The minimum atomic E-state index is -0.137. The van der Waals surface area contributed by atoms with Crippen molar-refractivity contribution in [2.75, 3.05) is 0 Å². The van der Waals surface area contributed by atoms with Crippen LogP contribution in [0.2, 0.25) is 0 Å². The molecule has 0 spiro atoms. The molecular formula is C18H19N3O2. The number of carbonyl (C=O) groups is 1. The number of rotatable bonds is 4. The molecule has 3 rings (SSSR count). The molecule has 1 unspecified atom stereocenters. The zero-order valence-corrected chi connectivity index (χ0v) is 13.4. The Kier molecular flexibility index (Phi) is 4.02. The maximum Gasteiger partial charge on any atom is 0.253 e. The van der Waals surface area contributed by atoms with E-state index in [0.717, 1.165) is 22.8 Å². The van der Waals surface area contributed by atoms with Crippen molar-refractivity contribution >= 4 is 5.91 Å². The molecule has 5 nitrogen and oxygen atoms in total. The van der Waals surface area contributed by atoms with E-state index in [-0.39, 0.29) is 11.9 Å². The molecule has 2 aromatic heterocycles. The molecule has 0 bridgehead atoms. The van der Waals surface area contributed by atoms with Crippen LogP contribution in [-0.2, 0) is 0 Å². The number of amides is 1. The maximum atomic E-state index is 12.7. The molecule has 2 heterocycles. The topological polar surface area (TPSA) is 60.1 Å². The van der Waals surface area contributed by atoms with E-state index in [1.54, 1.807) is 16.9 Å². The summed E-state index contributed by atoms with van der Waals surface area (Å²) < 4.78 is 7.23. The molecular weight excluding hydrogens is 290 g/mol. The Morgan fingerprint density at radius 3 is 2.70 bits per heavy atom. The smallest absolute Gasteiger partial charge is 0.253 e. The second-order valence-electron chi connectivity index (χ2n) is 5.53. The van der Waals surface area contributed by atoms with E-state index in [1.165, 1.54) is 0 Å². The molecule has 3 aromatic rings. The van der Waals surface area contributed by atoms with Gasteiger partial charge in [0.2, 0.25) is 0 Å². The van der Waals surface area contributed by atoms with Crippen LogP contribution in [-0.4, -0.2) is 15.7 Å².